The van der Waals surface area contributed by atoms with Crippen LogP contribution in [-0.2, 0) is 11.2 Å². The number of halogens is 3. The van der Waals surface area contributed by atoms with Gasteiger partial charge in [0, 0.05) is 5.56 Å². The summed E-state index contributed by atoms with van der Waals surface area (Å²) in [5.41, 5.74) is 2.23. The van der Waals surface area contributed by atoms with Crippen molar-refractivity contribution in [2.45, 2.75) is 6.42 Å². The Balaban J connectivity index is 1.81. The van der Waals surface area contributed by atoms with E-state index >= 15 is 0 Å². The Bertz CT molecular complexity index is 1300. The molecular weight excluding hydrogens is 395 g/mol. The Hall–Kier alpha value is -3.94. The van der Waals surface area contributed by atoms with E-state index in [1.165, 1.54) is 24.3 Å². The summed E-state index contributed by atoms with van der Waals surface area (Å²) in [4.78, 5) is 25.7. The van der Waals surface area contributed by atoms with E-state index < -0.39 is 34.3 Å². The number of hydrogen-bond acceptors (Lipinski definition) is 3. The molecule has 0 aliphatic heterocycles. The summed E-state index contributed by atoms with van der Waals surface area (Å²) < 4.78 is 42.0. The molecule has 0 saturated heterocycles. The van der Waals surface area contributed by atoms with Crippen LogP contribution in [0.2, 0.25) is 0 Å². The maximum absolute atomic E-state index is 14.5. The van der Waals surface area contributed by atoms with Gasteiger partial charge in [0.25, 0.3) is 5.56 Å². The minimum atomic E-state index is -1.01. The number of carbonyl (C=O) groups excluding carboxylic acids is 1. The van der Waals surface area contributed by atoms with Crippen molar-refractivity contribution in [1.29, 1.82) is 0 Å². The van der Waals surface area contributed by atoms with Crippen molar-refractivity contribution in [3.05, 3.63) is 100 Å². The van der Waals surface area contributed by atoms with Gasteiger partial charge in [-0.25, -0.2) is 18.6 Å². The lowest BCUT2D eigenvalue weighted by Gasteiger charge is -2.13. The molecule has 1 heterocycles. The van der Waals surface area contributed by atoms with Gasteiger partial charge in [-0.3, -0.25) is 9.59 Å². The van der Waals surface area contributed by atoms with Gasteiger partial charge in [-0.05, 0) is 29.8 Å². The van der Waals surface area contributed by atoms with Crippen LogP contribution in [0.5, 0.6) is 0 Å². The number of rotatable bonds is 4. The summed E-state index contributed by atoms with van der Waals surface area (Å²) in [5, 5.41) is 3.28. The maximum atomic E-state index is 14.5. The quantitative estimate of drug-likeness (QED) is 0.558. The van der Waals surface area contributed by atoms with Crippen LogP contribution >= 0.6 is 0 Å². The van der Waals surface area contributed by atoms with Gasteiger partial charge >= 0.3 is 0 Å². The van der Waals surface area contributed by atoms with Gasteiger partial charge in [0.15, 0.2) is 0 Å². The fourth-order valence-corrected chi connectivity index (χ4v) is 3.11. The molecule has 5 nitrogen and oxygen atoms in total. The Morgan fingerprint density at radius 3 is 2.17 bits per heavy atom. The van der Waals surface area contributed by atoms with Crippen LogP contribution in [0, 0.1) is 17.5 Å². The molecule has 0 spiro atoms. The van der Waals surface area contributed by atoms with Crippen LogP contribution in [0.4, 0.5) is 13.2 Å². The standard InChI is InChI=1S/C22H14F3N3O2/c23-15-8-6-13(7-9-15)12-18(29)26-28-22(30)20-17(25)11-10-16(24)19(20)21(27-28)14-4-2-1-3-5-14/h1-11H,12H2,(H,26,29). The average molecular weight is 409 g/mol. The third-order valence-corrected chi connectivity index (χ3v) is 4.50. The number of nitrogens with zero attached hydrogens (tertiary/aromatic N) is 2. The molecule has 0 radical (unpaired) electrons. The normalized spacial score (nSPS) is 10.9. The highest BCUT2D eigenvalue weighted by Gasteiger charge is 2.20. The first-order valence-corrected chi connectivity index (χ1v) is 8.95. The van der Waals surface area contributed by atoms with Crippen LogP contribution in [0.1, 0.15) is 5.56 Å². The van der Waals surface area contributed by atoms with Gasteiger partial charge in [-0.1, -0.05) is 42.5 Å². The van der Waals surface area contributed by atoms with Crippen molar-refractivity contribution >= 4 is 16.7 Å². The molecule has 0 aliphatic rings. The largest absolute Gasteiger partial charge is 0.297 e. The Morgan fingerprint density at radius 1 is 0.867 bits per heavy atom. The van der Waals surface area contributed by atoms with Gasteiger partial charge in [-0.2, -0.15) is 0 Å². The molecule has 1 aromatic heterocycles. The van der Waals surface area contributed by atoms with E-state index in [1.54, 1.807) is 30.3 Å². The van der Waals surface area contributed by atoms with Crippen LogP contribution in [0.15, 0.2) is 71.5 Å². The number of aromatic nitrogens is 2. The molecule has 0 unspecified atom stereocenters. The zero-order valence-electron chi connectivity index (χ0n) is 15.4. The van der Waals surface area contributed by atoms with Crippen LogP contribution in [-0.4, -0.2) is 15.8 Å². The van der Waals surface area contributed by atoms with Crippen molar-refractivity contribution in [2.75, 3.05) is 5.43 Å². The molecule has 30 heavy (non-hydrogen) atoms. The monoisotopic (exact) mass is 409 g/mol. The lowest BCUT2D eigenvalue weighted by atomic mass is 10.0. The summed E-state index contributed by atoms with van der Waals surface area (Å²) in [6, 6.07) is 15.4. The van der Waals surface area contributed by atoms with Crippen LogP contribution < -0.4 is 11.0 Å². The lowest BCUT2D eigenvalue weighted by Crippen LogP contribution is -2.36. The number of amides is 1. The predicted molar refractivity (Wildman–Crippen MR) is 106 cm³/mol. The van der Waals surface area contributed by atoms with Crippen LogP contribution in [0.25, 0.3) is 22.0 Å². The number of benzene rings is 3. The molecule has 1 N–H and O–H groups in total. The molecule has 8 heteroatoms. The van der Waals surface area contributed by atoms with Gasteiger partial charge < -0.3 is 0 Å². The molecule has 0 atom stereocenters. The molecule has 3 aromatic carbocycles. The van der Waals surface area contributed by atoms with Crippen molar-refractivity contribution in [1.82, 2.24) is 9.89 Å². The Morgan fingerprint density at radius 2 is 1.50 bits per heavy atom. The highest BCUT2D eigenvalue weighted by Crippen LogP contribution is 2.28. The minimum absolute atomic E-state index is 0.00396. The fraction of sp³-hybridized carbons (Fsp3) is 0.0455. The van der Waals surface area contributed by atoms with E-state index in [1.807, 2.05) is 0 Å². The second kappa shape index (κ2) is 7.82. The van der Waals surface area contributed by atoms with E-state index in [4.69, 9.17) is 0 Å². The summed E-state index contributed by atoms with van der Waals surface area (Å²) >= 11 is 0. The number of fused-ring (bicyclic) bond motifs is 1. The van der Waals surface area contributed by atoms with Crippen molar-refractivity contribution in [3.63, 3.8) is 0 Å². The molecule has 0 bridgehead atoms. The van der Waals surface area contributed by atoms with E-state index in [2.05, 4.69) is 10.5 Å². The summed E-state index contributed by atoms with van der Waals surface area (Å²) in [7, 11) is 0. The second-order valence-electron chi connectivity index (χ2n) is 6.55. The zero-order valence-corrected chi connectivity index (χ0v) is 15.4. The van der Waals surface area contributed by atoms with Crippen molar-refractivity contribution in [3.8, 4) is 11.3 Å². The van der Waals surface area contributed by atoms with Gasteiger partial charge in [0.05, 0.1) is 17.2 Å². The summed E-state index contributed by atoms with van der Waals surface area (Å²) in [6.07, 6.45) is -0.168. The first-order valence-electron chi connectivity index (χ1n) is 8.95. The molecule has 0 saturated carbocycles. The molecule has 1 amide bonds. The first kappa shape index (κ1) is 19.4. The summed E-state index contributed by atoms with van der Waals surface area (Å²) in [6.45, 7) is 0. The molecular formula is C22H14F3N3O2. The fourth-order valence-electron chi connectivity index (χ4n) is 3.11. The van der Waals surface area contributed by atoms with E-state index in [0.29, 0.717) is 15.9 Å². The molecule has 4 aromatic rings. The molecule has 4 rings (SSSR count). The highest BCUT2D eigenvalue weighted by molar-refractivity contribution is 5.95. The zero-order chi connectivity index (χ0) is 21.3. The van der Waals surface area contributed by atoms with E-state index in [9.17, 15) is 22.8 Å². The Kier molecular flexibility index (Phi) is 5.05. The third-order valence-electron chi connectivity index (χ3n) is 4.50. The van der Waals surface area contributed by atoms with E-state index in [-0.39, 0.29) is 17.5 Å². The second-order valence-corrected chi connectivity index (χ2v) is 6.55. The molecule has 150 valence electrons. The van der Waals surface area contributed by atoms with E-state index in [0.717, 1.165) is 12.1 Å². The van der Waals surface area contributed by atoms with Crippen LogP contribution in [0.3, 0.4) is 0 Å². The topological polar surface area (TPSA) is 64.0 Å². The SMILES string of the molecule is O=C(Cc1ccc(F)cc1)Nn1nc(-c2ccccc2)c2c(F)ccc(F)c2c1=O. The number of carbonyl (C=O) groups is 1. The van der Waals surface area contributed by atoms with Gasteiger partial charge in [-0.15, -0.1) is 9.89 Å². The highest BCUT2D eigenvalue weighted by atomic mass is 19.1. The lowest BCUT2D eigenvalue weighted by molar-refractivity contribution is -0.116. The van der Waals surface area contributed by atoms with Crippen molar-refractivity contribution in [2.24, 2.45) is 0 Å². The van der Waals surface area contributed by atoms with Gasteiger partial charge in [0.2, 0.25) is 5.91 Å². The molecule has 0 fully saturated rings. The third kappa shape index (κ3) is 3.67. The molecule has 0 aliphatic carbocycles. The van der Waals surface area contributed by atoms with Gasteiger partial charge in [0.1, 0.15) is 23.1 Å². The number of hydrogen-bond donors (Lipinski definition) is 1. The Labute approximate surface area is 168 Å². The first-order chi connectivity index (χ1) is 14.4. The smallest absolute Gasteiger partial charge is 0.273 e. The minimum Gasteiger partial charge on any atom is -0.273 e. The average Bonchev–Trinajstić information content (AvgIpc) is 2.74. The summed E-state index contributed by atoms with van der Waals surface area (Å²) in [5.74, 6) is -2.82. The predicted octanol–water partition coefficient (Wildman–Crippen LogP) is 3.79. The number of nitrogens with one attached hydrogen (secondary N) is 1. The maximum Gasteiger partial charge on any atom is 0.297 e. The van der Waals surface area contributed by atoms with Crippen molar-refractivity contribution < 1.29 is 18.0 Å².